The number of esters is 1. The van der Waals surface area contributed by atoms with Crippen LogP contribution in [0.5, 0.6) is 0 Å². The average molecular weight is 335 g/mol. The molecule has 0 aliphatic rings. The second kappa shape index (κ2) is 11.5. The first kappa shape index (κ1) is 20.0. The van der Waals surface area contributed by atoms with Crippen LogP contribution in [0.2, 0.25) is 0 Å². The van der Waals surface area contributed by atoms with Crippen molar-refractivity contribution in [2.45, 2.75) is 52.5 Å². The zero-order valence-electron chi connectivity index (χ0n) is 14.9. The van der Waals surface area contributed by atoms with E-state index in [1.165, 1.54) is 0 Å². The van der Waals surface area contributed by atoms with E-state index < -0.39 is 18.1 Å². The van der Waals surface area contributed by atoms with Crippen LogP contribution in [0.25, 0.3) is 0 Å². The molecule has 0 aliphatic carbocycles. The van der Waals surface area contributed by atoms with Crippen LogP contribution in [-0.2, 0) is 20.7 Å². The number of carbonyl (C=O) groups excluding carboxylic acids is 2. The van der Waals surface area contributed by atoms with Crippen LogP contribution >= 0.6 is 0 Å². The predicted octanol–water partition coefficient (Wildman–Crippen LogP) is 3.71. The molecule has 0 saturated heterocycles. The van der Waals surface area contributed by atoms with Crippen molar-refractivity contribution in [1.82, 2.24) is 5.32 Å². The summed E-state index contributed by atoms with van der Waals surface area (Å²) in [4.78, 5) is 24.2. The summed E-state index contributed by atoms with van der Waals surface area (Å²) >= 11 is 0. The molecule has 24 heavy (non-hydrogen) atoms. The normalized spacial score (nSPS) is 11.8. The Balaban J connectivity index is 2.60. The number of ether oxygens (including phenoxy) is 2. The largest absolute Gasteiger partial charge is 0.464 e. The van der Waals surface area contributed by atoms with Gasteiger partial charge in [0.05, 0.1) is 13.2 Å². The zero-order valence-corrected chi connectivity index (χ0v) is 14.9. The highest BCUT2D eigenvalue weighted by atomic mass is 16.6. The van der Waals surface area contributed by atoms with E-state index in [4.69, 9.17) is 9.47 Å². The molecule has 0 spiro atoms. The van der Waals surface area contributed by atoms with Gasteiger partial charge in [0.2, 0.25) is 0 Å². The minimum atomic E-state index is -0.742. The van der Waals surface area contributed by atoms with Gasteiger partial charge in [0, 0.05) is 6.42 Å². The van der Waals surface area contributed by atoms with Gasteiger partial charge < -0.3 is 14.8 Å². The van der Waals surface area contributed by atoms with Gasteiger partial charge in [0.25, 0.3) is 0 Å². The highest BCUT2D eigenvalue weighted by Gasteiger charge is 2.23. The highest BCUT2D eigenvalue weighted by molar-refractivity contribution is 5.81. The van der Waals surface area contributed by atoms with Crippen molar-refractivity contribution in [2.75, 3.05) is 13.2 Å². The zero-order chi connectivity index (χ0) is 17.8. The molecule has 134 valence electrons. The van der Waals surface area contributed by atoms with Gasteiger partial charge in [-0.05, 0) is 17.9 Å². The third-order valence-electron chi connectivity index (χ3n) is 3.40. The van der Waals surface area contributed by atoms with Crippen LogP contribution in [0.15, 0.2) is 30.3 Å². The molecule has 5 heteroatoms. The topological polar surface area (TPSA) is 64.6 Å². The van der Waals surface area contributed by atoms with Crippen LogP contribution < -0.4 is 5.32 Å². The fourth-order valence-electron chi connectivity index (χ4n) is 2.09. The summed E-state index contributed by atoms with van der Waals surface area (Å²) in [6, 6.07) is 8.79. The number of nitrogens with one attached hydrogen (secondary N) is 1. The van der Waals surface area contributed by atoms with Crippen LogP contribution in [0.4, 0.5) is 4.79 Å². The van der Waals surface area contributed by atoms with Crippen LogP contribution in [-0.4, -0.2) is 31.3 Å². The number of benzene rings is 1. The molecule has 0 unspecified atom stereocenters. The number of unbranched alkanes of at least 4 members (excludes halogenated alkanes) is 2. The molecule has 1 aromatic carbocycles. The Hall–Kier alpha value is -2.04. The smallest absolute Gasteiger partial charge is 0.407 e. The van der Waals surface area contributed by atoms with E-state index >= 15 is 0 Å². The van der Waals surface area contributed by atoms with Crippen molar-refractivity contribution in [1.29, 1.82) is 0 Å². The summed E-state index contributed by atoms with van der Waals surface area (Å²) in [6.07, 6.45) is 2.70. The fraction of sp³-hybridized carbons (Fsp3) is 0.579. The number of hydrogen-bond acceptors (Lipinski definition) is 4. The first-order valence-electron chi connectivity index (χ1n) is 8.66. The van der Waals surface area contributed by atoms with Gasteiger partial charge >= 0.3 is 12.1 Å². The maximum Gasteiger partial charge on any atom is 0.407 e. The van der Waals surface area contributed by atoms with Crippen molar-refractivity contribution >= 4 is 12.1 Å². The second-order valence-corrected chi connectivity index (χ2v) is 6.25. The molecule has 1 amide bonds. The maximum absolute atomic E-state index is 12.3. The van der Waals surface area contributed by atoms with Gasteiger partial charge in [-0.2, -0.15) is 0 Å². The first-order valence-corrected chi connectivity index (χ1v) is 8.66. The third-order valence-corrected chi connectivity index (χ3v) is 3.40. The van der Waals surface area contributed by atoms with E-state index in [1.54, 1.807) is 0 Å². The molecule has 0 fully saturated rings. The van der Waals surface area contributed by atoms with Gasteiger partial charge in [0.15, 0.2) is 0 Å². The number of hydrogen-bond donors (Lipinski definition) is 1. The SMILES string of the molecule is CCCCCOC(=O)[C@H](Cc1ccccc1)NC(=O)OCC(C)C. The summed E-state index contributed by atoms with van der Waals surface area (Å²) in [5.74, 6) is -0.180. The van der Waals surface area contributed by atoms with Crippen LogP contribution in [0, 0.1) is 5.92 Å². The van der Waals surface area contributed by atoms with Gasteiger partial charge in [-0.15, -0.1) is 0 Å². The molecular weight excluding hydrogens is 306 g/mol. The lowest BCUT2D eigenvalue weighted by Gasteiger charge is -2.18. The number of rotatable bonds is 10. The molecule has 0 aromatic heterocycles. The monoisotopic (exact) mass is 335 g/mol. The Bertz CT molecular complexity index is 487. The van der Waals surface area contributed by atoms with Crippen molar-refractivity contribution in [3.8, 4) is 0 Å². The van der Waals surface area contributed by atoms with Crippen LogP contribution in [0.1, 0.15) is 45.6 Å². The summed E-state index contributed by atoms with van der Waals surface area (Å²) in [5, 5.41) is 2.63. The van der Waals surface area contributed by atoms with Gasteiger partial charge in [-0.25, -0.2) is 9.59 Å². The Morgan fingerprint density at radius 1 is 1.08 bits per heavy atom. The minimum Gasteiger partial charge on any atom is -0.464 e. The number of carbonyl (C=O) groups is 2. The van der Waals surface area contributed by atoms with E-state index in [0.717, 1.165) is 24.8 Å². The van der Waals surface area contributed by atoms with Gasteiger partial charge in [0.1, 0.15) is 6.04 Å². The maximum atomic E-state index is 12.3. The number of alkyl carbamates (subject to hydrolysis) is 1. The average Bonchev–Trinajstić information content (AvgIpc) is 2.57. The van der Waals surface area contributed by atoms with E-state index in [1.807, 2.05) is 44.2 Å². The van der Waals surface area contributed by atoms with Crippen molar-refractivity contribution < 1.29 is 19.1 Å². The molecule has 0 heterocycles. The molecule has 5 nitrogen and oxygen atoms in total. The molecule has 1 aromatic rings. The van der Waals surface area contributed by atoms with E-state index in [9.17, 15) is 9.59 Å². The Morgan fingerprint density at radius 2 is 1.79 bits per heavy atom. The second-order valence-electron chi connectivity index (χ2n) is 6.25. The van der Waals surface area contributed by atoms with E-state index in [2.05, 4.69) is 12.2 Å². The summed E-state index contributed by atoms with van der Waals surface area (Å²) in [5.41, 5.74) is 0.956. The van der Waals surface area contributed by atoms with E-state index in [0.29, 0.717) is 19.6 Å². The van der Waals surface area contributed by atoms with Crippen molar-refractivity contribution in [2.24, 2.45) is 5.92 Å². The first-order chi connectivity index (χ1) is 11.5. The van der Waals surface area contributed by atoms with Crippen molar-refractivity contribution in [3.63, 3.8) is 0 Å². The Labute approximate surface area is 144 Å². The van der Waals surface area contributed by atoms with E-state index in [-0.39, 0.29) is 5.92 Å². The predicted molar refractivity (Wildman–Crippen MR) is 93.7 cm³/mol. The third kappa shape index (κ3) is 8.56. The minimum absolute atomic E-state index is 0.240. The number of amides is 1. The Morgan fingerprint density at radius 3 is 2.42 bits per heavy atom. The van der Waals surface area contributed by atoms with Gasteiger partial charge in [-0.1, -0.05) is 63.9 Å². The molecule has 1 atom stereocenters. The lowest BCUT2D eigenvalue weighted by Crippen LogP contribution is -2.44. The highest BCUT2D eigenvalue weighted by Crippen LogP contribution is 2.06. The lowest BCUT2D eigenvalue weighted by atomic mass is 10.1. The van der Waals surface area contributed by atoms with Gasteiger partial charge in [-0.3, -0.25) is 0 Å². The molecule has 0 saturated carbocycles. The molecule has 1 rings (SSSR count). The summed E-state index contributed by atoms with van der Waals surface area (Å²) in [6.45, 7) is 6.69. The lowest BCUT2D eigenvalue weighted by molar-refractivity contribution is -0.146. The standard InChI is InChI=1S/C19H29NO4/c1-4-5-9-12-23-18(21)17(13-16-10-7-6-8-11-16)20-19(22)24-14-15(2)3/h6-8,10-11,15,17H,4-5,9,12-14H2,1-3H3,(H,20,22)/t17-/m0/s1. The van der Waals surface area contributed by atoms with Crippen molar-refractivity contribution in [3.05, 3.63) is 35.9 Å². The quantitative estimate of drug-likeness (QED) is 0.523. The summed E-state index contributed by atoms with van der Waals surface area (Å²) < 4.78 is 10.4. The molecule has 1 N–H and O–H groups in total. The molecule has 0 radical (unpaired) electrons. The molecular formula is C19H29NO4. The fourth-order valence-corrected chi connectivity index (χ4v) is 2.09. The Kier molecular flexibility index (Phi) is 9.58. The van der Waals surface area contributed by atoms with Crippen LogP contribution in [0.3, 0.4) is 0 Å². The summed E-state index contributed by atoms with van der Waals surface area (Å²) in [7, 11) is 0. The molecule has 0 aliphatic heterocycles. The molecule has 0 bridgehead atoms.